The van der Waals surface area contributed by atoms with Crippen LogP contribution in [-0.4, -0.2) is 53.3 Å². The zero-order valence-electron chi connectivity index (χ0n) is 14.4. The van der Waals surface area contributed by atoms with Crippen molar-refractivity contribution in [3.8, 4) is 0 Å². The van der Waals surface area contributed by atoms with Crippen molar-refractivity contribution >= 4 is 33.5 Å². The van der Waals surface area contributed by atoms with Crippen molar-refractivity contribution in [2.45, 2.75) is 55.4 Å². The Morgan fingerprint density at radius 1 is 0.810 bits per heavy atom. The van der Waals surface area contributed by atoms with Gasteiger partial charge in [0, 0.05) is 0 Å². The molecule has 0 atom stereocenters. The predicted molar refractivity (Wildman–Crippen MR) is 81.6 cm³/mol. The number of hydrogen-bond acceptors (Lipinski definition) is 4. The Morgan fingerprint density at radius 3 is 1.29 bits per heavy atom. The summed E-state index contributed by atoms with van der Waals surface area (Å²) >= 11 is -1.84. The molecule has 0 unspecified atom stereocenters. The van der Waals surface area contributed by atoms with Gasteiger partial charge in [-0.05, 0) is 0 Å². The van der Waals surface area contributed by atoms with Crippen LogP contribution in [0.2, 0.25) is 0 Å². The van der Waals surface area contributed by atoms with Gasteiger partial charge < -0.3 is 0 Å². The molecular weight excluding hydrogens is 379 g/mol. The average Bonchev–Trinajstić information content (AvgIpc) is 2.33. The summed E-state index contributed by atoms with van der Waals surface area (Å²) in [5.41, 5.74) is -1.11. The van der Waals surface area contributed by atoms with E-state index in [4.69, 9.17) is 9.68 Å². The fourth-order valence-corrected chi connectivity index (χ4v) is 5.19. The van der Waals surface area contributed by atoms with Crippen LogP contribution >= 0.6 is 0 Å². The van der Waals surface area contributed by atoms with Crippen LogP contribution in [-0.2, 0) is 19.3 Å². The van der Waals surface area contributed by atoms with E-state index in [2.05, 4.69) is 0 Å². The van der Waals surface area contributed by atoms with E-state index < -0.39 is 32.5 Å². The quantitative estimate of drug-likeness (QED) is 0.501. The minimum atomic E-state index is -1.84. The molecule has 21 heavy (non-hydrogen) atoms. The Bertz CT molecular complexity index is 327. The number of carbonyl (C=O) groups is 2. The van der Waals surface area contributed by atoms with E-state index in [-0.39, 0.29) is 11.8 Å². The fraction of sp³-hybridized carbons (Fsp3) is 0.857. The first kappa shape index (κ1) is 20.7. The summed E-state index contributed by atoms with van der Waals surface area (Å²) in [4.78, 5) is 35.7. The molecule has 0 fully saturated rings. The van der Waals surface area contributed by atoms with Crippen LogP contribution in [0.15, 0.2) is 0 Å². The van der Waals surface area contributed by atoms with Gasteiger partial charge in [0.2, 0.25) is 0 Å². The Balaban J connectivity index is 5.16. The Labute approximate surface area is 139 Å². The van der Waals surface area contributed by atoms with Crippen LogP contribution in [0.1, 0.15) is 55.4 Å². The van der Waals surface area contributed by atoms with Crippen LogP contribution in [0.4, 0.5) is 0 Å². The average molecular weight is 407 g/mol. The fourth-order valence-electron chi connectivity index (χ4n) is 1.22. The van der Waals surface area contributed by atoms with E-state index in [1.807, 2.05) is 55.4 Å². The van der Waals surface area contributed by atoms with Gasteiger partial charge >= 0.3 is 139 Å². The molecule has 0 aliphatic heterocycles. The SMILES string of the molecule is CCO[N]([Sn][N](OCC)C(=O)C(C)(C)C)C(=O)C(C)(C)C. The number of hydrogen-bond donors (Lipinski definition) is 0. The summed E-state index contributed by atoms with van der Waals surface area (Å²) in [6, 6.07) is 0. The van der Waals surface area contributed by atoms with Gasteiger partial charge in [-0.2, -0.15) is 0 Å². The Hall–Kier alpha value is -0.341. The van der Waals surface area contributed by atoms with Gasteiger partial charge in [-0.1, -0.05) is 0 Å². The number of carbonyl (C=O) groups excluding carboxylic acids is 2. The summed E-state index contributed by atoms with van der Waals surface area (Å²) in [5, 5.41) is 0. The van der Waals surface area contributed by atoms with Gasteiger partial charge in [-0.25, -0.2) is 0 Å². The summed E-state index contributed by atoms with van der Waals surface area (Å²) in [6.45, 7) is 15.4. The summed E-state index contributed by atoms with van der Waals surface area (Å²) in [7, 11) is 0. The Kier molecular flexibility index (Phi) is 8.20. The second-order valence-electron chi connectivity index (χ2n) is 6.63. The van der Waals surface area contributed by atoms with Crippen molar-refractivity contribution in [1.29, 1.82) is 0 Å². The van der Waals surface area contributed by atoms with Crippen LogP contribution in [0.3, 0.4) is 0 Å². The van der Waals surface area contributed by atoms with Crippen molar-refractivity contribution in [3.05, 3.63) is 0 Å². The van der Waals surface area contributed by atoms with E-state index in [1.165, 1.54) is 6.57 Å². The van der Waals surface area contributed by atoms with Crippen LogP contribution in [0.25, 0.3) is 0 Å². The van der Waals surface area contributed by atoms with Crippen molar-refractivity contribution < 1.29 is 19.3 Å². The second kappa shape index (κ2) is 8.33. The molecule has 0 spiro atoms. The zero-order valence-corrected chi connectivity index (χ0v) is 17.3. The predicted octanol–water partition coefficient (Wildman–Crippen LogP) is 2.17. The number of amides is 2. The molecule has 0 saturated carbocycles. The molecule has 6 nitrogen and oxygen atoms in total. The summed E-state index contributed by atoms with van der Waals surface area (Å²) < 4.78 is 2.73. The normalized spacial score (nSPS) is 12.2. The van der Waals surface area contributed by atoms with Crippen LogP contribution in [0, 0.1) is 10.8 Å². The standard InChI is InChI=1S/2C7H15NO2.Sn/c2*1-5-10-8-6(9)7(2,3)4;/h2*5H2,1-4H3,(H,8,9);/q;;+2/p-2. The molecule has 0 bridgehead atoms. The molecular formula is C14H28N2O4Sn. The zero-order chi connectivity index (χ0) is 16.8. The molecule has 0 aromatic heterocycles. The molecule has 0 heterocycles. The van der Waals surface area contributed by atoms with Crippen LogP contribution < -0.4 is 0 Å². The number of nitrogens with zero attached hydrogens (tertiary/aromatic N) is 2. The third-order valence-corrected chi connectivity index (χ3v) is 5.28. The first-order valence-corrected chi connectivity index (χ1v) is 9.71. The molecule has 0 aliphatic carbocycles. The molecule has 2 radical (unpaired) electrons. The van der Waals surface area contributed by atoms with Crippen molar-refractivity contribution in [3.63, 3.8) is 0 Å². The topological polar surface area (TPSA) is 59.1 Å². The molecule has 122 valence electrons. The monoisotopic (exact) mass is 408 g/mol. The third-order valence-electron chi connectivity index (χ3n) is 2.35. The van der Waals surface area contributed by atoms with E-state index in [0.717, 1.165) is 0 Å². The van der Waals surface area contributed by atoms with Gasteiger partial charge in [0.15, 0.2) is 0 Å². The van der Waals surface area contributed by atoms with Gasteiger partial charge in [-0.3, -0.25) is 0 Å². The number of rotatable bonds is 6. The second-order valence-corrected chi connectivity index (χ2v) is 9.52. The van der Waals surface area contributed by atoms with Crippen molar-refractivity contribution in [1.82, 2.24) is 6.57 Å². The van der Waals surface area contributed by atoms with Crippen molar-refractivity contribution in [2.24, 2.45) is 10.8 Å². The summed E-state index contributed by atoms with van der Waals surface area (Å²) in [6.07, 6.45) is 0. The van der Waals surface area contributed by atoms with E-state index >= 15 is 0 Å². The Morgan fingerprint density at radius 2 is 1.10 bits per heavy atom. The van der Waals surface area contributed by atoms with Crippen LogP contribution in [0.5, 0.6) is 0 Å². The number of hydroxylamine groups is 2. The molecule has 0 saturated heterocycles. The molecule has 0 N–H and O–H groups in total. The maximum absolute atomic E-state index is 12.4. The van der Waals surface area contributed by atoms with Gasteiger partial charge in [0.25, 0.3) is 0 Å². The summed E-state index contributed by atoms with van der Waals surface area (Å²) in [5.74, 6) is -0.246. The first-order valence-electron chi connectivity index (χ1n) is 7.16. The van der Waals surface area contributed by atoms with E-state index in [1.54, 1.807) is 0 Å². The first-order chi connectivity index (χ1) is 9.45. The molecule has 2 amide bonds. The van der Waals surface area contributed by atoms with Gasteiger partial charge in [0.05, 0.1) is 0 Å². The minimum absolute atomic E-state index is 0.123. The van der Waals surface area contributed by atoms with Gasteiger partial charge in [-0.15, -0.1) is 0 Å². The molecule has 0 aromatic rings. The maximum atomic E-state index is 12.4. The molecule has 0 aliphatic rings. The third kappa shape index (κ3) is 6.97. The molecule has 0 rings (SSSR count). The van der Waals surface area contributed by atoms with E-state index in [9.17, 15) is 9.59 Å². The van der Waals surface area contributed by atoms with Crippen molar-refractivity contribution in [2.75, 3.05) is 13.2 Å². The van der Waals surface area contributed by atoms with Gasteiger partial charge in [0.1, 0.15) is 0 Å². The van der Waals surface area contributed by atoms with E-state index in [0.29, 0.717) is 13.2 Å². The molecule has 7 heteroatoms. The molecule has 0 aromatic carbocycles.